The van der Waals surface area contributed by atoms with Gasteiger partial charge in [0.1, 0.15) is 48.5 Å². The smallest absolute Gasteiger partial charge is 0.387 e. The zero-order chi connectivity index (χ0) is 30.8. The number of aromatic nitrogens is 6. The molecule has 10 atom stereocenters. The Balaban J connectivity index is 1.23. The lowest BCUT2D eigenvalue weighted by molar-refractivity contribution is -0.0638. The van der Waals surface area contributed by atoms with Crippen LogP contribution in [0.3, 0.4) is 0 Å². The Bertz CT molecular complexity index is 1790. The average Bonchev–Trinajstić information content (AvgIpc) is 3.76. The molecule has 21 heteroatoms. The predicted molar refractivity (Wildman–Crippen MR) is 150 cm³/mol. The van der Waals surface area contributed by atoms with Crippen LogP contribution in [-0.4, -0.2) is 101 Å². The van der Waals surface area contributed by atoms with Crippen molar-refractivity contribution in [3.05, 3.63) is 43.2 Å². The van der Waals surface area contributed by atoms with Gasteiger partial charge in [0.15, 0.2) is 23.9 Å². The number of imidazole rings is 2. The third-order valence-electron chi connectivity index (χ3n) is 7.70. The van der Waals surface area contributed by atoms with Crippen molar-refractivity contribution >= 4 is 50.3 Å². The second-order valence-corrected chi connectivity index (χ2v) is 13.8. The molecular formula is C23H27BN7O11P2. The molecule has 1 aromatic carbocycles. The minimum Gasteiger partial charge on any atom is -0.387 e. The van der Waals surface area contributed by atoms with Crippen LogP contribution in [0.4, 0.5) is 5.82 Å². The molecule has 3 saturated heterocycles. The number of anilines is 1. The third-order valence-corrected chi connectivity index (χ3v) is 10.4. The highest BCUT2D eigenvalue weighted by molar-refractivity contribution is 7.83. The minimum atomic E-state index is -4.93. The molecule has 1 radical (unpaired) electrons. The van der Waals surface area contributed by atoms with Gasteiger partial charge in [0.05, 0.1) is 36.9 Å². The van der Waals surface area contributed by atoms with Crippen molar-refractivity contribution in [3.63, 3.8) is 0 Å². The number of phosphoric ester groups is 1. The van der Waals surface area contributed by atoms with E-state index in [0.29, 0.717) is 11.0 Å². The maximum atomic E-state index is 13.9. The second kappa shape index (κ2) is 11.2. The van der Waals surface area contributed by atoms with E-state index in [4.69, 9.17) is 33.3 Å². The predicted octanol–water partition coefficient (Wildman–Crippen LogP) is 0.753. The number of nitrogens with zero attached hydrogens (tertiary/aromatic N) is 6. The topological polar surface area (TPSA) is 238 Å². The zero-order valence-corrected chi connectivity index (χ0v) is 24.7. The highest BCUT2D eigenvalue weighted by Crippen LogP contribution is 2.54. The van der Waals surface area contributed by atoms with Gasteiger partial charge >= 0.3 is 7.82 Å². The fraction of sp³-hybridized carbons (Fsp3) is 0.478. The summed E-state index contributed by atoms with van der Waals surface area (Å²) in [5, 5.41) is 22.4. The first kappa shape index (κ1) is 29.9. The number of ether oxygens (including phenoxy) is 2. The number of fused-ring (bicyclic) bond motifs is 6. The van der Waals surface area contributed by atoms with Crippen LogP contribution in [0.1, 0.15) is 12.5 Å². The Morgan fingerprint density at radius 1 is 0.909 bits per heavy atom. The molecule has 10 unspecified atom stereocenters. The first-order valence-corrected chi connectivity index (χ1v) is 16.6. The molecule has 7 rings (SSSR count). The van der Waals surface area contributed by atoms with Crippen molar-refractivity contribution in [1.82, 2.24) is 29.1 Å². The van der Waals surface area contributed by atoms with Gasteiger partial charge in [0.2, 0.25) is 0 Å². The van der Waals surface area contributed by atoms with E-state index in [1.54, 1.807) is 24.3 Å². The largest absolute Gasteiger partial charge is 0.472 e. The maximum absolute atomic E-state index is 13.9. The van der Waals surface area contributed by atoms with E-state index >= 15 is 0 Å². The van der Waals surface area contributed by atoms with Crippen LogP contribution in [0.25, 0.3) is 22.2 Å². The van der Waals surface area contributed by atoms with Crippen LogP contribution in [0.5, 0.6) is 0 Å². The molecule has 3 aliphatic heterocycles. The molecule has 0 spiro atoms. The molecule has 0 aliphatic carbocycles. The summed E-state index contributed by atoms with van der Waals surface area (Å²) in [5.41, 5.74) is 7.58. The number of benzene rings is 1. The molecule has 4 bridgehead atoms. The molecule has 0 amide bonds. The van der Waals surface area contributed by atoms with Gasteiger partial charge in [-0.1, -0.05) is 19.0 Å². The maximum Gasteiger partial charge on any atom is 0.472 e. The molecular weight excluding hydrogens is 623 g/mol. The van der Waals surface area contributed by atoms with E-state index in [1.807, 2.05) is 0 Å². The van der Waals surface area contributed by atoms with Crippen molar-refractivity contribution in [3.8, 4) is 0 Å². The van der Waals surface area contributed by atoms with Crippen molar-refractivity contribution in [2.45, 2.75) is 55.9 Å². The first-order chi connectivity index (χ1) is 21.1. The number of rotatable bonds is 3. The Morgan fingerprint density at radius 3 is 2.32 bits per heavy atom. The second-order valence-electron chi connectivity index (χ2n) is 10.3. The highest BCUT2D eigenvalue weighted by atomic mass is 31.2. The van der Waals surface area contributed by atoms with E-state index < -0.39 is 77.6 Å². The van der Waals surface area contributed by atoms with E-state index in [2.05, 4.69) is 19.9 Å². The number of aliphatic hydroxyl groups excluding tert-OH is 2. The fourth-order valence-corrected chi connectivity index (χ4v) is 7.68. The van der Waals surface area contributed by atoms with Crippen LogP contribution in [0.2, 0.25) is 6.82 Å². The number of nitrogen functional groups attached to an aromatic ring is 1. The van der Waals surface area contributed by atoms with Gasteiger partial charge in [-0.2, -0.15) is 0 Å². The SMILES string of the molecule is C[B]P1(=O)OCC2OC(n3cnc4ccccc43)C(OP(=O)(O)OCC3OC(n4cnc5c(N)ncnc54)C(O1)C3O)C2O. The van der Waals surface area contributed by atoms with Gasteiger partial charge in [-0.15, -0.1) is 0 Å². The molecule has 3 fully saturated rings. The quantitative estimate of drug-likeness (QED) is 0.177. The van der Waals surface area contributed by atoms with Crippen molar-refractivity contribution in [1.29, 1.82) is 0 Å². The van der Waals surface area contributed by atoms with Crippen LogP contribution in [0, 0.1) is 0 Å². The van der Waals surface area contributed by atoms with E-state index in [-0.39, 0.29) is 17.0 Å². The summed E-state index contributed by atoms with van der Waals surface area (Å²) >= 11 is 0. The number of para-hydroxylation sites is 2. The van der Waals surface area contributed by atoms with Gasteiger partial charge in [-0.3, -0.25) is 18.2 Å². The molecule has 5 N–H and O–H groups in total. The standard InChI is InChI=1S/C23H27BN7O11P2/c1-24-43(34)37-6-13-17(33)19(22(39-13)30-9-28-11-4-2-3-5-12(11)30)42-44(35,36)38-7-14-16(32)18(41-43)23(40-14)31-10-29-15-20(25)26-8-27-21(15)31/h2-5,8-10,13-14,16-19,22-23,32-33H,6-7H2,1H3,(H,35,36)(H2,25,26,27). The summed E-state index contributed by atoms with van der Waals surface area (Å²) in [6, 6.07) is 7.07. The van der Waals surface area contributed by atoms with Crippen molar-refractivity contribution in [2.24, 2.45) is 0 Å². The third kappa shape index (κ3) is 5.17. The summed E-state index contributed by atoms with van der Waals surface area (Å²) in [4.78, 5) is 27.3. The molecule has 6 heterocycles. The number of aliphatic hydroxyl groups is 2. The van der Waals surface area contributed by atoms with Gasteiger partial charge in [-0.05, 0) is 12.1 Å². The van der Waals surface area contributed by atoms with Gasteiger partial charge < -0.3 is 43.9 Å². The summed E-state index contributed by atoms with van der Waals surface area (Å²) in [6.07, 6.45) is -6.79. The summed E-state index contributed by atoms with van der Waals surface area (Å²) < 4.78 is 64.4. The number of hydrogen-bond acceptors (Lipinski definition) is 15. The molecule has 4 aromatic rings. The van der Waals surface area contributed by atoms with Gasteiger partial charge in [0, 0.05) is 0 Å². The lowest BCUT2D eigenvalue weighted by atomic mass is 10.1. The average molecular weight is 650 g/mol. The number of phosphoric acid groups is 1. The summed E-state index contributed by atoms with van der Waals surface area (Å²) in [7, 11) is -9.04. The molecule has 3 aliphatic rings. The molecule has 44 heavy (non-hydrogen) atoms. The van der Waals surface area contributed by atoms with Crippen LogP contribution in [0.15, 0.2) is 43.2 Å². The van der Waals surface area contributed by atoms with E-state index in [1.165, 1.54) is 41.9 Å². The Kier molecular flexibility index (Phi) is 7.62. The normalized spacial score (nSPS) is 38.2. The lowest BCUT2D eigenvalue weighted by Gasteiger charge is -2.28. The van der Waals surface area contributed by atoms with E-state index in [9.17, 15) is 24.2 Å². The molecule has 18 nitrogen and oxygen atoms in total. The minimum absolute atomic E-state index is 0.0907. The van der Waals surface area contributed by atoms with Crippen LogP contribution >= 0.6 is 15.3 Å². The molecule has 0 saturated carbocycles. The molecule has 3 aromatic heterocycles. The number of hydrogen-bond donors (Lipinski definition) is 4. The van der Waals surface area contributed by atoms with Crippen LogP contribution in [-0.2, 0) is 36.7 Å². The van der Waals surface area contributed by atoms with Crippen molar-refractivity contribution in [2.75, 3.05) is 18.9 Å². The lowest BCUT2D eigenvalue weighted by Crippen LogP contribution is -2.38. The van der Waals surface area contributed by atoms with Crippen molar-refractivity contribution < 1.29 is 51.8 Å². The summed E-state index contributed by atoms with van der Waals surface area (Å²) in [5.74, 6) is 0.0907. The fourth-order valence-electron chi connectivity index (χ4n) is 5.49. The monoisotopic (exact) mass is 650 g/mol. The summed E-state index contributed by atoms with van der Waals surface area (Å²) in [6.45, 7) is 1.49. The van der Waals surface area contributed by atoms with Crippen LogP contribution < -0.4 is 5.73 Å². The first-order valence-electron chi connectivity index (χ1n) is 13.5. The Hall–Kier alpha value is -2.80. The number of nitrogens with two attached hydrogens (primary N) is 1. The molecule has 233 valence electrons. The Morgan fingerprint density at radius 2 is 1.57 bits per heavy atom. The van der Waals surface area contributed by atoms with Gasteiger partial charge in [-0.25, -0.2) is 24.5 Å². The highest BCUT2D eigenvalue weighted by Gasteiger charge is 2.53. The Labute approximate surface area is 249 Å². The van der Waals surface area contributed by atoms with E-state index in [0.717, 1.165) is 0 Å². The van der Waals surface area contributed by atoms with Gasteiger partial charge in [0.25, 0.3) is 14.5 Å². The zero-order valence-electron chi connectivity index (χ0n) is 22.9.